The molecule has 1 aliphatic heterocycles. The van der Waals surface area contributed by atoms with E-state index in [9.17, 15) is 4.79 Å². The van der Waals surface area contributed by atoms with E-state index in [1.165, 1.54) is 0 Å². The molecule has 2 aromatic carbocycles. The molecular weight excluding hydrogens is 448 g/mol. The zero-order valence-corrected chi connectivity index (χ0v) is 20.5. The molecule has 1 amide bonds. The van der Waals surface area contributed by atoms with Gasteiger partial charge in [-0.3, -0.25) is 9.69 Å². The average Bonchev–Trinajstić information content (AvgIpc) is 3.35. The number of carbonyl (C=O) groups is 1. The van der Waals surface area contributed by atoms with Gasteiger partial charge in [0, 0.05) is 31.7 Å². The fourth-order valence-corrected chi connectivity index (χ4v) is 4.08. The van der Waals surface area contributed by atoms with Gasteiger partial charge in [-0.15, -0.1) is 5.10 Å². The predicted molar refractivity (Wildman–Crippen MR) is 130 cm³/mol. The third-order valence-electron chi connectivity index (χ3n) is 5.72. The topological polar surface area (TPSA) is 94.8 Å². The first-order chi connectivity index (χ1) is 17.1. The van der Waals surface area contributed by atoms with E-state index in [1.807, 2.05) is 56.0 Å². The Morgan fingerprint density at radius 3 is 2.11 bits per heavy atom. The lowest BCUT2D eigenvalue weighted by atomic mass is 10.1. The number of hydrogen-bond acceptors (Lipinski definition) is 8. The third kappa shape index (κ3) is 5.71. The van der Waals surface area contributed by atoms with Crippen LogP contribution in [-0.2, 0) is 6.54 Å². The van der Waals surface area contributed by atoms with Gasteiger partial charge in [0.1, 0.15) is 0 Å². The fourth-order valence-electron chi connectivity index (χ4n) is 4.08. The fraction of sp³-hybridized carbons (Fsp3) is 0.440. The minimum atomic E-state index is -0.0521. The highest BCUT2D eigenvalue weighted by atomic mass is 16.5. The zero-order valence-electron chi connectivity index (χ0n) is 20.5. The summed E-state index contributed by atoms with van der Waals surface area (Å²) in [5.41, 5.74) is 1.45. The quantitative estimate of drug-likeness (QED) is 0.437. The van der Waals surface area contributed by atoms with Crippen molar-refractivity contribution in [3.63, 3.8) is 0 Å². The monoisotopic (exact) mass is 480 g/mol. The Morgan fingerprint density at radius 1 is 0.886 bits per heavy atom. The van der Waals surface area contributed by atoms with Crippen LogP contribution in [0.4, 0.5) is 0 Å². The van der Waals surface area contributed by atoms with E-state index < -0.39 is 0 Å². The van der Waals surface area contributed by atoms with Crippen LogP contribution in [-0.4, -0.2) is 81.9 Å². The number of rotatable bonds is 10. The van der Waals surface area contributed by atoms with Crippen molar-refractivity contribution in [2.75, 3.05) is 46.0 Å². The van der Waals surface area contributed by atoms with Gasteiger partial charge in [0.25, 0.3) is 5.91 Å². The molecule has 0 saturated carbocycles. The van der Waals surface area contributed by atoms with Gasteiger partial charge in [-0.05, 0) is 55.5 Å². The first kappa shape index (κ1) is 24.5. The van der Waals surface area contributed by atoms with E-state index in [0.29, 0.717) is 62.3 Å². The molecule has 0 radical (unpaired) electrons. The van der Waals surface area contributed by atoms with Crippen LogP contribution < -0.4 is 14.2 Å². The number of nitrogens with zero attached hydrogens (tertiary/aromatic N) is 6. The van der Waals surface area contributed by atoms with Crippen LogP contribution in [0.1, 0.15) is 37.0 Å². The number of benzene rings is 2. The van der Waals surface area contributed by atoms with Gasteiger partial charge in [0.05, 0.1) is 32.1 Å². The van der Waals surface area contributed by atoms with Crippen LogP contribution in [0.25, 0.3) is 5.69 Å². The summed E-state index contributed by atoms with van der Waals surface area (Å²) >= 11 is 0. The zero-order chi connectivity index (χ0) is 24.6. The number of tetrazole rings is 1. The summed E-state index contributed by atoms with van der Waals surface area (Å²) in [6.45, 7) is 10.4. The molecule has 0 atom stereocenters. The summed E-state index contributed by atoms with van der Waals surface area (Å²) in [6.07, 6.45) is 0. The van der Waals surface area contributed by atoms with Gasteiger partial charge >= 0.3 is 0 Å². The summed E-state index contributed by atoms with van der Waals surface area (Å²) in [4.78, 5) is 17.5. The maximum atomic E-state index is 13.4. The smallest absolute Gasteiger partial charge is 0.254 e. The molecule has 0 unspecified atom stereocenters. The lowest BCUT2D eigenvalue weighted by Crippen LogP contribution is -2.48. The van der Waals surface area contributed by atoms with E-state index >= 15 is 0 Å². The van der Waals surface area contributed by atoms with Gasteiger partial charge in [-0.1, -0.05) is 18.2 Å². The van der Waals surface area contributed by atoms with Crippen LogP contribution >= 0.6 is 0 Å². The summed E-state index contributed by atoms with van der Waals surface area (Å²) < 4.78 is 19.1. The molecule has 4 rings (SSSR count). The Morgan fingerprint density at radius 2 is 1.51 bits per heavy atom. The molecule has 2 heterocycles. The molecule has 10 nitrogen and oxygen atoms in total. The number of piperazine rings is 1. The molecule has 0 bridgehead atoms. The lowest BCUT2D eigenvalue weighted by Gasteiger charge is -2.34. The SMILES string of the molecule is CCOc1cc(C(=O)N2CCN(Cc3nnnn3-c3ccccc3)CC2)cc(OCC)c1OCC. The highest BCUT2D eigenvalue weighted by molar-refractivity contribution is 5.95. The lowest BCUT2D eigenvalue weighted by molar-refractivity contribution is 0.0623. The second kappa shape index (κ2) is 11.7. The molecule has 186 valence electrons. The van der Waals surface area contributed by atoms with Crippen LogP contribution in [0.3, 0.4) is 0 Å². The largest absolute Gasteiger partial charge is 0.490 e. The van der Waals surface area contributed by atoms with Crippen molar-refractivity contribution in [3.05, 3.63) is 53.9 Å². The van der Waals surface area contributed by atoms with Crippen molar-refractivity contribution < 1.29 is 19.0 Å². The standard InChI is InChI=1S/C25H32N6O4/c1-4-33-21-16-19(17-22(34-5-2)24(21)35-6-3)25(32)30-14-12-29(13-15-30)18-23-26-27-28-31(23)20-10-8-7-9-11-20/h7-11,16-17H,4-6,12-15,18H2,1-3H3. The molecule has 0 aliphatic carbocycles. The van der Waals surface area contributed by atoms with E-state index in [0.717, 1.165) is 24.6 Å². The van der Waals surface area contributed by atoms with E-state index in [2.05, 4.69) is 20.4 Å². The van der Waals surface area contributed by atoms with Crippen molar-refractivity contribution in [3.8, 4) is 22.9 Å². The van der Waals surface area contributed by atoms with Crippen molar-refractivity contribution in [2.24, 2.45) is 0 Å². The van der Waals surface area contributed by atoms with Crippen LogP contribution in [0.5, 0.6) is 17.2 Å². The van der Waals surface area contributed by atoms with Crippen molar-refractivity contribution in [1.82, 2.24) is 30.0 Å². The number of para-hydroxylation sites is 1. The number of hydrogen-bond donors (Lipinski definition) is 0. The molecule has 3 aromatic rings. The first-order valence-corrected chi connectivity index (χ1v) is 12.0. The number of aromatic nitrogens is 4. The summed E-state index contributed by atoms with van der Waals surface area (Å²) in [5, 5.41) is 12.2. The van der Waals surface area contributed by atoms with Crippen molar-refractivity contribution in [2.45, 2.75) is 27.3 Å². The Labute approximate surface area is 205 Å². The molecule has 1 saturated heterocycles. The van der Waals surface area contributed by atoms with E-state index in [-0.39, 0.29) is 5.91 Å². The van der Waals surface area contributed by atoms with Crippen LogP contribution in [0.15, 0.2) is 42.5 Å². The average molecular weight is 481 g/mol. The molecule has 35 heavy (non-hydrogen) atoms. The molecule has 0 spiro atoms. The highest BCUT2D eigenvalue weighted by Crippen LogP contribution is 2.39. The molecule has 0 N–H and O–H groups in total. The van der Waals surface area contributed by atoms with Crippen molar-refractivity contribution in [1.29, 1.82) is 0 Å². The van der Waals surface area contributed by atoms with Gasteiger partial charge in [-0.25, -0.2) is 0 Å². The van der Waals surface area contributed by atoms with Gasteiger partial charge in [-0.2, -0.15) is 4.68 Å². The normalized spacial score (nSPS) is 14.1. The highest BCUT2D eigenvalue weighted by Gasteiger charge is 2.26. The second-order valence-electron chi connectivity index (χ2n) is 8.01. The Balaban J connectivity index is 1.44. The first-order valence-electron chi connectivity index (χ1n) is 12.0. The maximum absolute atomic E-state index is 13.4. The minimum absolute atomic E-state index is 0.0521. The molecule has 1 aromatic heterocycles. The summed E-state index contributed by atoms with van der Waals surface area (Å²) in [7, 11) is 0. The second-order valence-corrected chi connectivity index (χ2v) is 8.01. The van der Waals surface area contributed by atoms with E-state index in [4.69, 9.17) is 14.2 Å². The number of amides is 1. The number of carbonyl (C=O) groups excluding carboxylic acids is 1. The Hall–Kier alpha value is -3.66. The van der Waals surface area contributed by atoms with Gasteiger partial charge in [0.2, 0.25) is 5.75 Å². The van der Waals surface area contributed by atoms with Crippen LogP contribution in [0.2, 0.25) is 0 Å². The number of ether oxygens (including phenoxy) is 3. The molecule has 10 heteroatoms. The molecule has 1 fully saturated rings. The summed E-state index contributed by atoms with van der Waals surface area (Å²) in [5.74, 6) is 2.30. The minimum Gasteiger partial charge on any atom is -0.490 e. The molecule has 1 aliphatic rings. The Kier molecular flexibility index (Phi) is 8.15. The maximum Gasteiger partial charge on any atom is 0.254 e. The van der Waals surface area contributed by atoms with Gasteiger partial charge in [0.15, 0.2) is 17.3 Å². The summed E-state index contributed by atoms with van der Waals surface area (Å²) in [6, 6.07) is 13.3. The Bertz CT molecular complexity index is 1090. The predicted octanol–water partition coefficient (Wildman–Crippen LogP) is 2.82. The third-order valence-corrected chi connectivity index (χ3v) is 5.72. The van der Waals surface area contributed by atoms with Crippen molar-refractivity contribution >= 4 is 5.91 Å². The van der Waals surface area contributed by atoms with E-state index in [1.54, 1.807) is 16.8 Å². The van der Waals surface area contributed by atoms with Crippen LogP contribution in [0, 0.1) is 0 Å². The van der Waals surface area contributed by atoms with Gasteiger partial charge < -0.3 is 19.1 Å². The molecular formula is C25H32N6O4.